The van der Waals surface area contributed by atoms with Crippen LogP contribution in [-0.4, -0.2) is 41.5 Å². The smallest absolute Gasteiger partial charge is 0.408 e. The molecule has 7 nitrogen and oxygen atoms in total. The van der Waals surface area contributed by atoms with E-state index in [1.165, 1.54) is 4.90 Å². The molecule has 0 saturated heterocycles. The number of carbonyl (C=O) groups excluding carboxylic acids is 3. The standard InChI is InChI=1S/C25H33N3O4/c1-17-12-10-11-15-20(17)21(22(29)26-16-19-13-8-7-9-14-19)28(6)23(30)18(2)27-24(31)32-25(3,4)5/h7-15,18,21H,16H2,1-6H3,(H,26,29)(H,27,31). The highest BCUT2D eigenvalue weighted by Crippen LogP contribution is 2.24. The first-order chi connectivity index (χ1) is 15.0. The van der Waals surface area contributed by atoms with Crippen molar-refractivity contribution in [1.29, 1.82) is 0 Å². The van der Waals surface area contributed by atoms with Gasteiger partial charge in [0.15, 0.2) is 0 Å². The van der Waals surface area contributed by atoms with Crippen molar-refractivity contribution < 1.29 is 19.1 Å². The minimum absolute atomic E-state index is 0.302. The average Bonchev–Trinajstić information content (AvgIpc) is 2.72. The third-order valence-corrected chi connectivity index (χ3v) is 4.88. The molecule has 3 amide bonds. The lowest BCUT2D eigenvalue weighted by Gasteiger charge is -2.31. The highest BCUT2D eigenvalue weighted by Gasteiger charge is 2.32. The molecule has 0 aromatic heterocycles. The number of carbonyl (C=O) groups is 3. The van der Waals surface area contributed by atoms with Gasteiger partial charge < -0.3 is 20.3 Å². The van der Waals surface area contributed by atoms with Gasteiger partial charge in [-0.3, -0.25) is 9.59 Å². The monoisotopic (exact) mass is 439 g/mol. The highest BCUT2D eigenvalue weighted by atomic mass is 16.6. The van der Waals surface area contributed by atoms with E-state index in [0.717, 1.165) is 16.7 Å². The first-order valence-corrected chi connectivity index (χ1v) is 10.6. The normalized spacial score (nSPS) is 12.9. The predicted octanol–water partition coefficient (Wildman–Crippen LogP) is 3.72. The van der Waals surface area contributed by atoms with Gasteiger partial charge in [0.25, 0.3) is 0 Å². The quantitative estimate of drug-likeness (QED) is 0.688. The number of likely N-dealkylation sites (N-methyl/N-ethyl adjacent to an activating group) is 1. The zero-order chi connectivity index (χ0) is 23.9. The lowest BCUT2D eigenvalue weighted by atomic mass is 9.98. The van der Waals surface area contributed by atoms with Gasteiger partial charge in [-0.15, -0.1) is 0 Å². The molecule has 0 aliphatic heterocycles. The second-order valence-electron chi connectivity index (χ2n) is 8.78. The van der Waals surface area contributed by atoms with Gasteiger partial charge in [0.1, 0.15) is 17.7 Å². The second kappa shape index (κ2) is 10.8. The van der Waals surface area contributed by atoms with E-state index in [9.17, 15) is 14.4 Å². The van der Waals surface area contributed by atoms with Crippen LogP contribution in [0.1, 0.15) is 50.4 Å². The molecule has 32 heavy (non-hydrogen) atoms. The van der Waals surface area contributed by atoms with E-state index < -0.39 is 29.7 Å². The van der Waals surface area contributed by atoms with Crippen LogP contribution in [0.4, 0.5) is 4.79 Å². The molecule has 0 bridgehead atoms. The van der Waals surface area contributed by atoms with Gasteiger partial charge in [-0.1, -0.05) is 54.6 Å². The van der Waals surface area contributed by atoms with E-state index in [1.807, 2.05) is 61.5 Å². The summed E-state index contributed by atoms with van der Waals surface area (Å²) in [4.78, 5) is 39.8. The van der Waals surface area contributed by atoms with Crippen molar-refractivity contribution in [3.05, 3.63) is 71.3 Å². The molecular formula is C25H33N3O4. The summed E-state index contributed by atoms with van der Waals surface area (Å²) in [5.74, 6) is -0.706. The Morgan fingerprint density at radius 3 is 2.19 bits per heavy atom. The second-order valence-corrected chi connectivity index (χ2v) is 8.78. The number of hydrogen-bond acceptors (Lipinski definition) is 4. The lowest BCUT2D eigenvalue weighted by molar-refractivity contribution is -0.140. The lowest BCUT2D eigenvalue weighted by Crippen LogP contribution is -2.50. The summed E-state index contributed by atoms with van der Waals surface area (Å²) in [7, 11) is 1.56. The number of alkyl carbamates (subject to hydrolysis) is 1. The van der Waals surface area contributed by atoms with Crippen LogP contribution in [0.3, 0.4) is 0 Å². The van der Waals surface area contributed by atoms with Crippen LogP contribution in [0.25, 0.3) is 0 Å². The molecule has 2 rings (SSSR count). The van der Waals surface area contributed by atoms with Crippen molar-refractivity contribution in [2.75, 3.05) is 7.05 Å². The van der Waals surface area contributed by atoms with E-state index in [1.54, 1.807) is 34.7 Å². The molecule has 0 heterocycles. The van der Waals surface area contributed by atoms with Crippen LogP contribution in [0.5, 0.6) is 0 Å². The summed E-state index contributed by atoms with van der Waals surface area (Å²) in [5.41, 5.74) is 1.89. The van der Waals surface area contributed by atoms with Crippen LogP contribution >= 0.6 is 0 Å². The fourth-order valence-electron chi connectivity index (χ4n) is 3.28. The molecule has 7 heteroatoms. The Morgan fingerprint density at radius 2 is 1.59 bits per heavy atom. The van der Waals surface area contributed by atoms with Crippen molar-refractivity contribution in [2.24, 2.45) is 0 Å². The van der Waals surface area contributed by atoms with E-state index in [-0.39, 0.29) is 5.91 Å². The molecule has 2 aromatic carbocycles. The SMILES string of the molecule is Cc1ccccc1C(C(=O)NCc1ccccc1)N(C)C(=O)C(C)NC(=O)OC(C)(C)C. The molecule has 0 fully saturated rings. The Bertz CT molecular complexity index is 938. The Balaban J connectivity index is 2.20. The highest BCUT2D eigenvalue weighted by molar-refractivity contribution is 5.91. The van der Waals surface area contributed by atoms with Gasteiger partial charge in [0.2, 0.25) is 11.8 Å². The van der Waals surface area contributed by atoms with E-state index in [0.29, 0.717) is 6.54 Å². The zero-order valence-corrected chi connectivity index (χ0v) is 19.6. The number of nitrogens with one attached hydrogen (secondary N) is 2. The number of nitrogens with zero attached hydrogens (tertiary/aromatic N) is 1. The van der Waals surface area contributed by atoms with Crippen molar-refractivity contribution in [2.45, 2.75) is 58.8 Å². The largest absolute Gasteiger partial charge is 0.444 e. The number of hydrogen-bond donors (Lipinski definition) is 2. The van der Waals surface area contributed by atoms with Crippen LogP contribution < -0.4 is 10.6 Å². The molecular weight excluding hydrogens is 406 g/mol. The molecule has 2 aromatic rings. The Kier molecular flexibility index (Phi) is 8.41. The number of ether oxygens (including phenoxy) is 1. The Morgan fingerprint density at radius 1 is 1.00 bits per heavy atom. The third-order valence-electron chi connectivity index (χ3n) is 4.88. The fourth-order valence-corrected chi connectivity index (χ4v) is 3.28. The van der Waals surface area contributed by atoms with Gasteiger partial charge >= 0.3 is 6.09 Å². The summed E-state index contributed by atoms with van der Waals surface area (Å²) in [6, 6.07) is 15.3. The van der Waals surface area contributed by atoms with Gasteiger partial charge in [-0.2, -0.15) is 0 Å². The molecule has 2 atom stereocenters. The van der Waals surface area contributed by atoms with Gasteiger partial charge in [-0.05, 0) is 51.3 Å². The van der Waals surface area contributed by atoms with Crippen LogP contribution in [-0.2, 0) is 20.9 Å². The maximum atomic E-state index is 13.2. The summed E-state index contributed by atoms with van der Waals surface area (Å²) >= 11 is 0. The van der Waals surface area contributed by atoms with Gasteiger partial charge in [-0.25, -0.2) is 4.79 Å². The summed E-state index contributed by atoms with van der Waals surface area (Å²) in [5, 5.41) is 5.48. The van der Waals surface area contributed by atoms with E-state index in [4.69, 9.17) is 4.74 Å². The molecule has 0 aliphatic rings. The van der Waals surface area contributed by atoms with Crippen LogP contribution in [0.2, 0.25) is 0 Å². The molecule has 2 N–H and O–H groups in total. The van der Waals surface area contributed by atoms with Crippen molar-refractivity contribution in [3.8, 4) is 0 Å². The molecule has 0 saturated carbocycles. The summed E-state index contributed by atoms with van der Waals surface area (Å²) in [6.07, 6.45) is -0.687. The maximum Gasteiger partial charge on any atom is 0.408 e. The van der Waals surface area contributed by atoms with Gasteiger partial charge in [0.05, 0.1) is 0 Å². The van der Waals surface area contributed by atoms with Crippen molar-refractivity contribution >= 4 is 17.9 Å². The predicted molar refractivity (Wildman–Crippen MR) is 124 cm³/mol. The summed E-state index contributed by atoms with van der Waals surface area (Å²) < 4.78 is 5.24. The van der Waals surface area contributed by atoms with Crippen molar-refractivity contribution in [3.63, 3.8) is 0 Å². The number of benzene rings is 2. The Hall–Kier alpha value is -3.35. The van der Waals surface area contributed by atoms with E-state index in [2.05, 4.69) is 10.6 Å². The van der Waals surface area contributed by atoms with Crippen LogP contribution in [0, 0.1) is 6.92 Å². The number of rotatable bonds is 7. The van der Waals surface area contributed by atoms with E-state index >= 15 is 0 Å². The average molecular weight is 440 g/mol. The molecule has 0 aliphatic carbocycles. The topological polar surface area (TPSA) is 87.7 Å². The maximum absolute atomic E-state index is 13.2. The van der Waals surface area contributed by atoms with Crippen LogP contribution in [0.15, 0.2) is 54.6 Å². The first kappa shape index (κ1) is 24.9. The number of amides is 3. The minimum atomic E-state index is -0.872. The fraction of sp³-hybridized carbons (Fsp3) is 0.400. The van der Waals surface area contributed by atoms with Crippen molar-refractivity contribution in [1.82, 2.24) is 15.5 Å². The number of aryl methyl sites for hydroxylation is 1. The molecule has 0 radical (unpaired) electrons. The summed E-state index contributed by atoms with van der Waals surface area (Å²) in [6.45, 7) is 9.05. The molecule has 0 spiro atoms. The molecule has 2 unspecified atom stereocenters. The van der Waals surface area contributed by atoms with Gasteiger partial charge in [0, 0.05) is 13.6 Å². The Labute approximate surface area is 190 Å². The molecule has 172 valence electrons. The third kappa shape index (κ3) is 7.11. The minimum Gasteiger partial charge on any atom is -0.444 e. The first-order valence-electron chi connectivity index (χ1n) is 10.6. The zero-order valence-electron chi connectivity index (χ0n) is 19.6.